The van der Waals surface area contributed by atoms with Crippen molar-refractivity contribution >= 4 is 0 Å². The van der Waals surface area contributed by atoms with Crippen LogP contribution < -0.4 is 24.3 Å². The molecule has 2 aromatic rings. The third kappa shape index (κ3) is 4.25. The Labute approximate surface area is 194 Å². The fourth-order valence-corrected chi connectivity index (χ4v) is 5.38. The predicted octanol–water partition coefficient (Wildman–Crippen LogP) is 3.52. The van der Waals surface area contributed by atoms with Crippen molar-refractivity contribution in [2.24, 2.45) is 11.8 Å². The molecule has 4 atom stereocenters. The first-order valence-corrected chi connectivity index (χ1v) is 11.9. The Bertz CT molecular complexity index is 989. The first-order valence-electron chi connectivity index (χ1n) is 11.9. The quantitative estimate of drug-likeness (QED) is 0.614. The molecule has 0 aromatic heterocycles. The van der Waals surface area contributed by atoms with Crippen molar-refractivity contribution in [2.75, 3.05) is 27.4 Å². The highest BCUT2D eigenvalue weighted by molar-refractivity contribution is 5.49. The highest BCUT2D eigenvalue weighted by atomic mass is 16.5. The molecule has 1 aliphatic carbocycles. The first kappa shape index (κ1) is 22.3. The van der Waals surface area contributed by atoms with Gasteiger partial charge in [0.15, 0.2) is 0 Å². The maximum absolute atomic E-state index is 11.3. The van der Waals surface area contributed by atoms with E-state index in [1.807, 2.05) is 37.4 Å². The molecule has 1 fully saturated rings. The van der Waals surface area contributed by atoms with Crippen LogP contribution in [0, 0.1) is 11.8 Å². The molecule has 0 bridgehead atoms. The van der Waals surface area contributed by atoms with Crippen LogP contribution in [0.1, 0.15) is 54.6 Å². The van der Waals surface area contributed by atoms with Crippen LogP contribution >= 0.6 is 0 Å². The summed E-state index contributed by atoms with van der Waals surface area (Å²) in [5.41, 5.74) is 2.36. The number of nitrogens with one attached hydrogen (secondary N) is 1. The second kappa shape index (κ2) is 9.41. The van der Waals surface area contributed by atoms with Crippen molar-refractivity contribution < 1.29 is 29.2 Å². The molecule has 3 aliphatic rings. The molecule has 2 aromatic carbocycles. The first-order chi connectivity index (χ1) is 16.1. The van der Waals surface area contributed by atoms with Crippen molar-refractivity contribution in [3.8, 4) is 23.0 Å². The summed E-state index contributed by atoms with van der Waals surface area (Å²) in [6.45, 7) is 1.25. The molecule has 0 spiro atoms. The number of hydrogen-bond acceptors (Lipinski definition) is 7. The molecule has 33 heavy (non-hydrogen) atoms. The molecule has 0 unspecified atom stereocenters. The predicted molar refractivity (Wildman–Crippen MR) is 123 cm³/mol. The summed E-state index contributed by atoms with van der Waals surface area (Å²) in [6.07, 6.45) is 3.21. The van der Waals surface area contributed by atoms with Crippen molar-refractivity contribution in [3.05, 3.63) is 47.0 Å². The lowest BCUT2D eigenvalue weighted by Gasteiger charge is -2.40. The van der Waals surface area contributed by atoms with E-state index < -0.39 is 12.2 Å². The number of methoxy groups -OCH3 is 1. The lowest BCUT2D eigenvalue weighted by Crippen LogP contribution is -2.40. The van der Waals surface area contributed by atoms with Gasteiger partial charge in [-0.05, 0) is 63.1 Å². The zero-order valence-corrected chi connectivity index (χ0v) is 19.3. The van der Waals surface area contributed by atoms with Crippen molar-refractivity contribution in [1.82, 2.24) is 5.32 Å². The van der Waals surface area contributed by atoms with Gasteiger partial charge in [-0.25, -0.2) is 0 Å². The SMILES string of the molecule is CNCc1cc2c(cc1OC)[C@H](O)[C@H]([C@@H]1COc3ccc(OC4CCCC4)cc3[C@H]1O)CO2. The molecule has 2 aliphatic heterocycles. The standard InChI is InChI=1S/C26H33NO6/c1-27-12-15-9-24-19(11-23(15)30-2)26(29)21(14-32-24)20-13-31-22-8-7-17(10-18(22)25(20)28)33-16-5-3-4-6-16/h7-11,16,20-21,25-29H,3-6,12-14H2,1-2H3/t20-,21-,25+,26-/m0/s1. The summed E-state index contributed by atoms with van der Waals surface area (Å²) in [5.74, 6) is 2.15. The molecular formula is C26H33NO6. The fraction of sp³-hybridized carbons (Fsp3) is 0.538. The Morgan fingerprint density at radius 1 is 0.939 bits per heavy atom. The van der Waals surface area contributed by atoms with Crippen LogP contribution in [0.2, 0.25) is 0 Å². The zero-order chi connectivity index (χ0) is 22.9. The normalized spacial score (nSPS) is 26.7. The Morgan fingerprint density at radius 3 is 2.27 bits per heavy atom. The van der Waals surface area contributed by atoms with E-state index in [9.17, 15) is 10.2 Å². The van der Waals surface area contributed by atoms with Gasteiger partial charge >= 0.3 is 0 Å². The monoisotopic (exact) mass is 455 g/mol. The molecule has 0 saturated heterocycles. The second-order valence-electron chi connectivity index (χ2n) is 9.30. The smallest absolute Gasteiger partial charge is 0.125 e. The van der Waals surface area contributed by atoms with E-state index >= 15 is 0 Å². The Hall–Kier alpha value is -2.48. The topological polar surface area (TPSA) is 89.4 Å². The lowest BCUT2D eigenvalue weighted by atomic mass is 9.77. The second-order valence-corrected chi connectivity index (χ2v) is 9.30. The number of benzene rings is 2. The number of aliphatic hydroxyl groups is 2. The molecule has 1 saturated carbocycles. The molecule has 2 heterocycles. The summed E-state index contributed by atoms with van der Waals surface area (Å²) >= 11 is 0. The molecule has 0 radical (unpaired) electrons. The molecule has 7 nitrogen and oxygen atoms in total. The summed E-state index contributed by atoms with van der Waals surface area (Å²) in [5, 5.41) is 25.7. The van der Waals surface area contributed by atoms with Crippen molar-refractivity contribution in [1.29, 1.82) is 0 Å². The summed E-state index contributed by atoms with van der Waals surface area (Å²) in [7, 11) is 3.49. The van der Waals surface area contributed by atoms with E-state index in [1.165, 1.54) is 12.8 Å². The van der Waals surface area contributed by atoms with Crippen molar-refractivity contribution in [2.45, 2.75) is 50.5 Å². The molecular weight excluding hydrogens is 422 g/mol. The van der Waals surface area contributed by atoms with Crippen LogP contribution in [0.25, 0.3) is 0 Å². The minimum atomic E-state index is -0.797. The van der Waals surface area contributed by atoms with Gasteiger partial charge in [-0.2, -0.15) is 0 Å². The number of ether oxygens (including phenoxy) is 4. The van der Waals surface area contributed by atoms with Gasteiger partial charge in [-0.3, -0.25) is 0 Å². The highest BCUT2D eigenvalue weighted by Crippen LogP contribution is 2.48. The fourth-order valence-electron chi connectivity index (χ4n) is 5.38. The van der Waals surface area contributed by atoms with Gasteiger partial charge in [0.1, 0.15) is 23.0 Å². The maximum Gasteiger partial charge on any atom is 0.125 e. The van der Waals surface area contributed by atoms with Crippen LogP contribution in [0.5, 0.6) is 23.0 Å². The van der Waals surface area contributed by atoms with Crippen LogP contribution in [-0.2, 0) is 6.54 Å². The van der Waals surface area contributed by atoms with E-state index in [4.69, 9.17) is 18.9 Å². The van der Waals surface area contributed by atoms with E-state index in [0.29, 0.717) is 48.1 Å². The Balaban J connectivity index is 1.37. The van der Waals surface area contributed by atoms with E-state index in [-0.39, 0.29) is 17.9 Å². The zero-order valence-electron chi connectivity index (χ0n) is 19.3. The van der Waals surface area contributed by atoms with Gasteiger partial charge in [0.05, 0.1) is 38.6 Å². The van der Waals surface area contributed by atoms with Gasteiger partial charge in [-0.15, -0.1) is 0 Å². The highest BCUT2D eigenvalue weighted by Gasteiger charge is 2.42. The van der Waals surface area contributed by atoms with Gasteiger partial charge < -0.3 is 34.5 Å². The average Bonchev–Trinajstić information content (AvgIpc) is 3.33. The van der Waals surface area contributed by atoms with Gasteiger partial charge in [0.25, 0.3) is 0 Å². The molecule has 0 amide bonds. The minimum absolute atomic E-state index is 0.244. The summed E-state index contributed by atoms with van der Waals surface area (Å²) in [4.78, 5) is 0. The van der Waals surface area contributed by atoms with Gasteiger partial charge in [0.2, 0.25) is 0 Å². The number of rotatable bonds is 6. The van der Waals surface area contributed by atoms with Gasteiger partial charge in [-0.1, -0.05) is 0 Å². The summed E-state index contributed by atoms with van der Waals surface area (Å²) in [6, 6.07) is 9.43. The van der Waals surface area contributed by atoms with E-state index in [2.05, 4.69) is 5.32 Å². The third-order valence-corrected chi connectivity index (χ3v) is 7.23. The van der Waals surface area contributed by atoms with Crippen molar-refractivity contribution in [3.63, 3.8) is 0 Å². The lowest BCUT2D eigenvalue weighted by molar-refractivity contribution is -0.0553. The number of aliphatic hydroxyl groups excluding tert-OH is 2. The number of hydrogen-bond donors (Lipinski definition) is 3. The van der Waals surface area contributed by atoms with E-state index in [1.54, 1.807) is 7.11 Å². The minimum Gasteiger partial charge on any atom is -0.496 e. The number of fused-ring (bicyclic) bond motifs is 2. The molecule has 178 valence electrons. The largest absolute Gasteiger partial charge is 0.496 e. The molecule has 7 heteroatoms. The maximum atomic E-state index is 11.3. The van der Waals surface area contributed by atoms with Crippen LogP contribution in [0.15, 0.2) is 30.3 Å². The van der Waals surface area contributed by atoms with E-state index in [0.717, 1.165) is 24.2 Å². The molecule has 5 rings (SSSR count). The third-order valence-electron chi connectivity index (χ3n) is 7.23. The average molecular weight is 456 g/mol. The van der Waals surface area contributed by atoms with Crippen LogP contribution in [0.4, 0.5) is 0 Å². The summed E-state index contributed by atoms with van der Waals surface area (Å²) < 4.78 is 23.7. The van der Waals surface area contributed by atoms with Gasteiger partial charge in [0, 0.05) is 35.1 Å². The van der Waals surface area contributed by atoms with Crippen LogP contribution in [-0.4, -0.2) is 43.7 Å². The molecule has 3 N–H and O–H groups in total. The Morgan fingerprint density at radius 2 is 1.61 bits per heavy atom. The Kier molecular flexibility index (Phi) is 6.36. The van der Waals surface area contributed by atoms with Crippen LogP contribution in [0.3, 0.4) is 0 Å².